The van der Waals surface area contributed by atoms with Crippen LogP contribution in [0.3, 0.4) is 0 Å². The van der Waals surface area contributed by atoms with Gasteiger partial charge in [-0.25, -0.2) is 14.2 Å². The quantitative estimate of drug-likeness (QED) is 0.0684. The van der Waals surface area contributed by atoms with Crippen LogP contribution in [0.1, 0.15) is 123 Å². The first-order valence-electron chi connectivity index (χ1n) is 24.4. The van der Waals surface area contributed by atoms with E-state index in [1.54, 1.807) is 18.1 Å². The fourth-order valence-corrected chi connectivity index (χ4v) is 8.72. The van der Waals surface area contributed by atoms with Crippen molar-refractivity contribution in [1.82, 2.24) is 45.9 Å². The van der Waals surface area contributed by atoms with Crippen LogP contribution >= 0.6 is 0 Å². The number of rotatable bonds is 17. The van der Waals surface area contributed by atoms with Gasteiger partial charge in [-0.2, -0.15) is 0 Å². The Morgan fingerprint density at radius 3 is 2.48 bits per heavy atom. The molecular formula is C53H74FN9O6. The molecule has 4 atom stereocenters. The number of aryl methyl sites for hydroxylation is 1. The van der Waals surface area contributed by atoms with Crippen molar-refractivity contribution in [2.24, 2.45) is 5.92 Å². The van der Waals surface area contributed by atoms with Gasteiger partial charge >= 0.3 is 6.09 Å². The lowest BCUT2D eigenvalue weighted by Gasteiger charge is -2.33. The Hall–Kier alpha value is -6.71. The van der Waals surface area contributed by atoms with Crippen LogP contribution in [0.4, 0.5) is 9.18 Å². The van der Waals surface area contributed by atoms with Crippen LogP contribution in [-0.4, -0.2) is 88.8 Å². The summed E-state index contributed by atoms with van der Waals surface area (Å²) in [5.74, 6) is -0.195. The molecule has 4 aromatic rings. The molecule has 0 aliphatic carbocycles. The van der Waals surface area contributed by atoms with E-state index in [0.717, 1.165) is 53.7 Å². The summed E-state index contributed by atoms with van der Waals surface area (Å²) < 4.78 is 35.9. The van der Waals surface area contributed by atoms with Crippen molar-refractivity contribution in [3.05, 3.63) is 108 Å². The molecule has 0 bridgehead atoms. The fraction of sp³-hybridized carbons (Fsp3) is 0.472. The molecule has 0 radical (unpaired) electrons. The van der Waals surface area contributed by atoms with E-state index in [-0.39, 0.29) is 43.0 Å². The largest absolute Gasteiger partial charge is 0.460 e. The predicted octanol–water partition coefficient (Wildman–Crippen LogP) is 9.53. The van der Waals surface area contributed by atoms with Gasteiger partial charge in [0.2, 0.25) is 11.8 Å². The van der Waals surface area contributed by atoms with Crippen molar-refractivity contribution in [2.75, 3.05) is 33.3 Å². The smallest absolute Gasteiger partial charge is 0.407 e. The summed E-state index contributed by atoms with van der Waals surface area (Å²) in [6, 6.07) is 10.7. The van der Waals surface area contributed by atoms with Crippen LogP contribution in [0.5, 0.6) is 5.75 Å². The second kappa shape index (κ2) is 24.5. The summed E-state index contributed by atoms with van der Waals surface area (Å²) >= 11 is 0. The maximum Gasteiger partial charge on any atom is 0.407 e. The standard InChI is InChI=1S/C48H60FN9O6.C3H8.C2H6/c1-10-17-56(46(60)43(27(4)5)55-41(59)12-3)25-28(6)52-35(11-2)31-15-16-37-33(19-31)21-39-42-34(49)20-32(22-40(42)64-47(58(37)39)45-53-29(7)26-63-45)36-24-50-44(54-36)38-14-13-18-57(38)30(8)23-51-48(61)62-9;1-3-2;1-2/h11,15-16,19-22,24,26-27,38,43-44,47,50,52,54H,6,8,10,12-14,17-18,23,25H2,1-5,7,9H3,(H,51,61)(H,55,59);3H2,1-2H3;1-2H3/b35-11-;;. The van der Waals surface area contributed by atoms with Gasteiger partial charge in [0.25, 0.3) is 12.1 Å². The van der Waals surface area contributed by atoms with Crippen molar-refractivity contribution in [3.63, 3.8) is 0 Å². The van der Waals surface area contributed by atoms with Crippen molar-refractivity contribution in [3.8, 4) is 17.0 Å². The number of fused-ring (bicyclic) bond motifs is 5. The van der Waals surface area contributed by atoms with Gasteiger partial charge in [0.1, 0.15) is 30.0 Å². The number of methoxy groups -OCH3 is 1. The van der Waals surface area contributed by atoms with E-state index in [2.05, 4.69) is 63.5 Å². The Morgan fingerprint density at radius 1 is 1.10 bits per heavy atom. The van der Waals surface area contributed by atoms with Gasteiger partial charge in [0.05, 0.1) is 54.4 Å². The molecule has 5 heterocycles. The van der Waals surface area contributed by atoms with Crippen molar-refractivity contribution >= 4 is 40.2 Å². The van der Waals surface area contributed by atoms with Gasteiger partial charge < -0.3 is 50.3 Å². The molecule has 16 heteroatoms. The van der Waals surface area contributed by atoms with E-state index in [1.807, 2.05) is 95.6 Å². The molecule has 4 unspecified atom stereocenters. The maximum absolute atomic E-state index is 16.7. The number of alkyl carbamates (subject to hydrolysis) is 1. The molecule has 374 valence electrons. The fourth-order valence-electron chi connectivity index (χ4n) is 8.72. The number of nitrogens with zero attached hydrogens (tertiary/aromatic N) is 4. The number of carbonyl (C=O) groups excluding carboxylic acids is 3. The Labute approximate surface area is 407 Å². The molecule has 15 nitrogen and oxygen atoms in total. The lowest BCUT2D eigenvalue weighted by molar-refractivity contribution is -0.137. The van der Waals surface area contributed by atoms with Gasteiger partial charge in [0, 0.05) is 53.8 Å². The number of carbonyl (C=O) groups is 3. The molecule has 1 saturated heterocycles. The second-order valence-corrected chi connectivity index (χ2v) is 17.5. The molecule has 69 heavy (non-hydrogen) atoms. The van der Waals surface area contributed by atoms with Crippen LogP contribution < -0.4 is 31.3 Å². The van der Waals surface area contributed by atoms with Gasteiger partial charge in [-0.05, 0) is 74.9 Å². The van der Waals surface area contributed by atoms with Gasteiger partial charge in [-0.3, -0.25) is 14.2 Å². The number of hydrogen-bond donors (Lipinski definition) is 5. The van der Waals surface area contributed by atoms with Gasteiger partial charge in [-0.15, -0.1) is 0 Å². The Morgan fingerprint density at radius 2 is 1.84 bits per heavy atom. The average molecular weight is 952 g/mol. The van der Waals surface area contributed by atoms with Gasteiger partial charge in [0.15, 0.2) is 0 Å². The highest BCUT2D eigenvalue weighted by Crippen LogP contribution is 2.46. The zero-order chi connectivity index (χ0) is 50.5. The van der Waals surface area contributed by atoms with E-state index in [1.165, 1.54) is 19.6 Å². The predicted molar refractivity (Wildman–Crippen MR) is 272 cm³/mol. The lowest BCUT2D eigenvalue weighted by atomic mass is 10.0. The third-order valence-electron chi connectivity index (χ3n) is 11.9. The number of nitrogens with one attached hydrogen (secondary N) is 5. The molecule has 5 N–H and O–H groups in total. The zero-order valence-electron chi connectivity index (χ0n) is 42.5. The molecule has 2 aromatic carbocycles. The average Bonchev–Trinajstić information content (AvgIpc) is 4.18. The molecule has 0 saturated carbocycles. The van der Waals surface area contributed by atoms with E-state index in [0.29, 0.717) is 58.5 Å². The Balaban J connectivity index is 0.00000171. The summed E-state index contributed by atoms with van der Waals surface area (Å²) in [5.41, 5.74) is 6.71. The molecule has 2 aromatic heterocycles. The molecule has 7 rings (SSSR count). The number of aromatic nitrogens is 2. The highest BCUT2D eigenvalue weighted by atomic mass is 19.1. The van der Waals surface area contributed by atoms with Crippen molar-refractivity contribution in [2.45, 2.75) is 126 Å². The molecular weight excluding hydrogens is 878 g/mol. The Kier molecular flexibility index (Phi) is 18.9. The van der Waals surface area contributed by atoms with Crippen LogP contribution in [0, 0.1) is 18.7 Å². The molecule has 3 aliphatic rings. The van der Waals surface area contributed by atoms with Crippen LogP contribution in [-0.2, 0) is 14.3 Å². The minimum Gasteiger partial charge on any atom is -0.460 e. The van der Waals surface area contributed by atoms with Crippen LogP contribution in [0.15, 0.2) is 83.9 Å². The number of halogens is 1. The molecule has 3 amide bonds. The number of likely N-dealkylation sites (tertiary alicyclic amines) is 1. The van der Waals surface area contributed by atoms with Crippen molar-refractivity contribution < 1.29 is 32.7 Å². The van der Waals surface area contributed by atoms with Crippen LogP contribution in [0.2, 0.25) is 0 Å². The normalized spacial score (nSPS) is 17.3. The van der Waals surface area contributed by atoms with Crippen molar-refractivity contribution in [1.29, 1.82) is 0 Å². The summed E-state index contributed by atoms with van der Waals surface area (Å²) in [7, 11) is 1.32. The number of amides is 3. The highest BCUT2D eigenvalue weighted by molar-refractivity contribution is 5.92. The van der Waals surface area contributed by atoms with Gasteiger partial charge in [-0.1, -0.05) is 87.1 Å². The monoisotopic (exact) mass is 952 g/mol. The second-order valence-electron chi connectivity index (χ2n) is 17.5. The number of allylic oxidation sites excluding steroid dienone is 1. The minimum absolute atomic E-state index is 0.0392. The highest BCUT2D eigenvalue weighted by Gasteiger charge is 2.37. The number of hydrogen-bond acceptors (Lipinski definition) is 11. The first-order chi connectivity index (χ1) is 33.2. The summed E-state index contributed by atoms with van der Waals surface area (Å²) in [5, 5.41) is 16.9. The first kappa shape index (κ1) is 53.2. The number of oxazole rings is 1. The molecule has 0 spiro atoms. The Bertz CT molecular complexity index is 2520. The first-order valence-corrected chi connectivity index (χ1v) is 24.4. The maximum atomic E-state index is 16.7. The molecule has 3 aliphatic heterocycles. The number of benzene rings is 2. The van der Waals surface area contributed by atoms with Crippen LogP contribution in [0.25, 0.3) is 33.6 Å². The zero-order valence-corrected chi connectivity index (χ0v) is 42.5. The van der Waals surface area contributed by atoms with E-state index in [4.69, 9.17) is 13.9 Å². The van der Waals surface area contributed by atoms with E-state index in [9.17, 15) is 14.4 Å². The summed E-state index contributed by atoms with van der Waals surface area (Å²) in [6.45, 7) is 29.9. The number of ether oxygens (including phenoxy) is 2. The third-order valence-corrected chi connectivity index (χ3v) is 11.9. The third kappa shape index (κ3) is 12.3. The lowest BCUT2D eigenvalue weighted by Crippen LogP contribution is -2.52. The topological polar surface area (TPSA) is 167 Å². The minimum atomic E-state index is -0.833. The summed E-state index contributed by atoms with van der Waals surface area (Å²) in [6.07, 6.45) is 7.96. The summed E-state index contributed by atoms with van der Waals surface area (Å²) in [4.78, 5) is 46.3. The van der Waals surface area contributed by atoms with E-state index >= 15 is 4.39 Å². The SMILES string of the molecule is C=C(CN(CCC)C(=O)C(NC(=O)CC)C(C)C)N/C(=C\C)c1ccc2c(c1)cc1n2C(c2nc(C)co2)Oc2cc(C3=CNC(C4CCCN4C(=C)CNC(=O)OC)N3)cc(F)c2-1.CC.CCC. The van der Waals surface area contributed by atoms with E-state index < -0.39 is 24.2 Å². The molecule has 1 fully saturated rings.